The number of anilines is 2. The fraction of sp³-hybridized carbons (Fsp3) is 0.400. The van der Waals surface area contributed by atoms with Gasteiger partial charge in [-0.25, -0.2) is 18.4 Å². The Morgan fingerprint density at radius 2 is 1.71 bits per heavy atom. The molecule has 1 heterocycles. The maximum absolute atomic E-state index is 13.7. The van der Waals surface area contributed by atoms with Crippen molar-refractivity contribution in [3.63, 3.8) is 0 Å². The maximum atomic E-state index is 13.7. The molecule has 1 fully saturated rings. The molecule has 2 aromatic carbocycles. The Morgan fingerprint density at radius 1 is 1.00 bits per heavy atom. The van der Waals surface area contributed by atoms with E-state index in [-0.39, 0.29) is 24.5 Å². The summed E-state index contributed by atoms with van der Waals surface area (Å²) < 4.78 is 33.1. The van der Waals surface area contributed by atoms with Crippen LogP contribution in [0.4, 0.5) is 29.7 Å². The summed E-state index contributed by atoms with van der Waals surface area (Å²) in [6.07, 6.45) is 2.95. The van der Waals surface area contributed by atoms with E-state index in [0.29, 0.717) is 38.0 Å². The first-order valence-electron chi connectivity index (χ1n) is 11.6. The number of fused-ring (bicyclic) bond motifs is 1. The van der Waals surface area contributed by atoms with Crippen molar-refractivity contribution in [3.8, 4) is 0 Å². The number of para-hydroxylation sites is 1. The first-order chi connectivity index (χ1) is 16.8. The number of carbonyl (C=O) groups is 3. The zero-order valence-electron chi connectivity index (χ0n) is 19.1. The van der Waals surface area contributed by atoms with Crippen molar-refractivity contribution in [1.82, 2.24) is 4.90 Å². The number of ether oxygens (including phenoxy) is 1. The number of nitrogens with zero attached hydrogens (tertiary/aromatic N) is 1. The Labute approximate surface area is 201 Å². The lowest BCUT2D eigenvalue weighted by molar-refractivity contribution is -0.138. The van der Waals surface area contributed by atoms with Gasteiger partial charge in [-0.15, -0.1) is 0 Å². The van der Waals surface area contributed by atoms with Gasteiger partial charge in [-0.1, -0.05) is 12.1 Å². The summed E-state index contributed by atoms with van der Waals surface area (Å²) in [5.74, 6) is -2.40. The van der Waals surface area contributed by atoms with Crippen molar-refractivity contribution < 1.29 is 33.0 Å². The molecular formula is C25H27F2N3O5. The predicted octanol–water partition coefficient (Wildman–Crippen LogP) is 5.14. The average Bonchev–Trinajstić information content (AvgIpc) is 2.82. The Bertz CT molecular complexity index is 1100. The highest BCUT2D eigenvalue weighted by Crippen LogP contribution is 2.30. The Balaban J connectivity index is 1.29. The fourth-order valence-electron chi connectivity index (χ4n) is 4.60. The molecule has 4 rings (SSSR count). The van der Waals surface area contributed by atoms with Gasteiger partial charge >= 0.3 is 18.1 Å². The lowest BCUT2D eigenvalue weighted by Gasteiger charge is -2.32. The second-order valence-corrected chi connectivity index (χ2v) is 8.96. The van der Waals surface area contributed by atoms with E-state index < -0.39 is 29.3 Å². The van der Waals surface area contributed by atoms with Gasteiger partial charge in [-0.05, 0) is 73.4 Å². The molecule has 0 bridgehead atoms. The third kappa shape index (κ3) is 6.26. The molecule has 0 saturated heterocycles. The zero-order chi connectivity index (χ0) is 24.9. The average molecular weight is 488 g/mol. The third-order valence-electron chi connectivity index (χ3n) is 6.46. The SMILES string of the molecule is O=C(O)C[C@H]1CC[C@H](OC(=O)N2CCc3cc(NC(=O)Nc4c(F)cccc4F)ccc3C2)CC1. The van der Waals surface area contributed by atoms with E-state index in [1.807, 2.05) is 0 Å². The summed E-state index contributed by atoms with van der Waals surface area (Å²) in [7, 11) is 0. The number of nitrogens with one attached hydrogen (secondary N) is 2. The van der Waals surface area contributed by atoms with E-state index in [9.17, 15) is 23.2 Å². The van der Waals surface area contributed by atoms with Crippen LogP contribution in [0, 0.1) is 17.6 Å². The molecule has 8 nitrogen and oxygen atoms in total. The van der Waals surface area contributed by atoms with E-state index in [1.54, 1.807) is 23.1 Å². The van der Waals surface area contributed by atoms with Gasteiger partial charge in [0.2, 0.25) is 0 Å². The van der Waals surface area contributed by atoms with E-state index in [0.717, 1.165) is 36.1 Å². The quantitative estimate of drug-likeness (QED) is 0.542. The number of urea groups is 1. The molecule has 2 aliphatic rings. The number of rotatable bonds is 5. The highest BCUT2D eigenvalue weighted by Gasteiger charge is 2.28. The van der Waals surface area contributed by atoms with Gasteiger partial charge < -0.3 is 25.4 Å². The van der Waals surface area contributed by atoms with Gasteiger partial charge in [-0.3, -0.25) is 4.79 Å². The summed E-state index contributed by atoms with van der Waals surface area (Å²) in [5.41, 5.74) is 1.82. The molecule has 1 aliphatic heterocycles. The molecule has 1 saturated carbocycles. The minimum Gasteiger partial charge on any atom is -0.481 e. The standard InChI is InChI=1S/C25H27F2N3O5/c26-20-2-1-3-21(27)23(20)29-24(33)28-18-7-6-17-14-30(11-10-16(17)13-18)25(34)35-19-8-4-15(5-9-19)12-22(31)32/h1-3,6-7,13,15,19H,4-5,8-12,14H2,(H,31,32)(H2,28,29,33)/t15-,19-. The Kier molecular flexibility index (Phi) is 7.48. The fourth-order valence-corrected chi connectivity index (χ4v) is 4.60. The number of halogens is 2. The van der Waals surface area contributed by atoms with Crippen molar-refractivity contribution in [1.29, 1.82) is 0 Å². The maximum Gasteiger partial charge on any atom is 0.410 e. The van der Waals surface area contributed by atoms with Crippen LogP contribution < -0.4 is 10.6 Å². The van der Waals surface area contributed by atoms with Crippen LogP contribution in [-0.2, 0) is 22.5 Å². The number of benzene rings is 2. The van der Waals surface area contributed by atoms with Crippen LogP contribution in [-0.4, -0.2) is 40.7 Å². The topological polar surface area (TPSA) is 108 Å². The van der Waals surface area contributed by atoms with Crippen molar-refractivity contribution in [3.05, 3.63) is 59.2 Å². The van der Waals surface area contributed by atoms with Crippen molar-refractivity contribution in [2.45, 2.75) is 51.2 Å². The first kappa shape index (κ1) is 24.4. The van der Waals surface area contributed by atoms with Gasteiger partial charge in [-0.2, -0.15) is 0 Å². The van der Waals surface area contributed by atoms with Crippen molar-refractivity contribution >= 4 is 29.5 Å². The monoisotopic (exact) mass is 487 g/mol. The summed E-state index contributed by atoms with van der Waals surface area (Å²) >= 11 is 0. The number of carbonyl (C=O) groups excluding carboxylic acids is 2. The van der Waals surface area contributed by atoms with Crippen LogP contribution in [0.5, 0.6) is 0 Å². The van der Waals surface area contributed by atoms with Gasteiger partial charge in [0.25, 0.3) is 0 Å². The Hall–Kier alpha value is -3.69. The Morgan fingerprint density at radius 3 is 2.40 bits per heavy atom. The van der Waals surface area contributed by atoms with E-state index in [2.05, 4.69) is 10.6 Å². The van der Waals surface area contributed by atoms with Gasteiger partial charge in [0.15, 0.2) is 0 Å². The molecule has 3 amide bonds. The van der Waals surface area contributed by atoms with Crippen LogP contribution in [0.2, 0.25) is 0 Å². The first-order valence-corrected chi connectivity index (χ1v) is 11.6. The number of amides is 3. The van der Waals surface area contributed by atoms with Gasteiger partial charge in [0, 0.05) is 25.2 Å². The lowest BCUT2D eigenvalue weighted by Crippen LogP contribution is -2.39. The van der Waals surface area contributed by atoms with Gasteiger partial charge in [0.1, 0.15) is 23.4 Å². The number of carboxylic acids is 1. The van der Waals surface area contributed by atoms with Crippen LogP contribution >= 0.6 is 0 Å². The minimum atomic E-state index is -0.870. The van der Waals surface area contributed by atoms with Crippen LogP contribution in [0.3, 0.4) is 0 Å². The highest BCUT2D eigenvalue weighted by molar-refractivity contribution is 6.00. The van der Waals surface area contributed by atoms with Crippen LogP contribution in [0.25, 0.3) is 0 Å². The largest absolute Gasteiger partial charge is 0.481 e. The third-order valence-corrected chi connectivity index (χ3v) is 6.46. The van der Waals surface area contributed by atoms with E-state index >= 15 is 0 Å². The highest BCUT2D eigenvalue weighted by atomic mass is 19.1. The summed E-state index contributed by atoms with van der Waals surface area (Å²) in [4.78, 5) is 37.4. The van der Waals surface area contributed by atoms with Crippen LogP contribution in [0.15, 0.2) is 36.4 Å². The molecule has 10 heteroatoms. The summed E-state index contributed by atoms with van der Waals surface area (Å²) in [5, 5.41) is 13.7. The number of aliphatic carboxylic acids is 1. The molecule has 0 atom stereocenters. The second kappa shape index (κ2) is 10.7. The predicted molar refractivity (Wildman–Crippen MR) is 124 cm³/mol. The molecule has 35 heavy (non-hydrogen) atoms. The molecule has 1 aliphatic carbocycles. The minimum absolute atomic E-state index is 0.139. The van der Waals surface area contributed by atoms with Crippen LogP contribution in [0.1, 0.15) is 43.2 Å². The molecule has 0 unspecified atom stereocenters. The number of hydrogen-bond donors (Lipinski definition) is 3. The normalized spacial score (nSPS) is 19.4. The molecule has 0 radical (unpaired) electrons. The molecule has 186 valence electrons. The van der Waals surface area contributed by atoms with Crippen molar-refractivity contribution in [2.24, 2.45) is 5.92 Å². The second-order valence-electron chi connectivity index (χ2n) is 8.96. The summed E-state index contributed by atoms with van der Waals surface area (Å²) in [6.45, 7) is 0.825. The summed E-state index contributed by atoms with van der Waals surface area (Å²) in [6, 6.07) is 7.78. The molecule has 0 spiro atoms. The van der Waals surface area contributed by atoms with Crippen molar-refractivity contribution in [2.75, 3.05) is 17.2 Å². The zero-order valence-corrected chi connectivity index (χ0v) is 19.1. The molecule has 3 N–H and O–H groups in total. The lowest BCUT2D eigenvalue weighted by atomic mass is 9.85. The van der Waals surface area contributed by atoms with E-state index in [4.69, 9.17) is 9.84 Å². The molecular weight excluding hydrogens is 460 g/mol. The smallest absolute Gasteiger partial charge is 0.410 e. The van der Waals surface area contributed by atoms with E-state index in [1.165, 1.54) is 6.07 Å². The number of hydrogen-bond acceptors (Lipinski definition) is 4. The molecule has 0 aromatic heterocycles. The number of carboxylic acid groups (broad SMARTS) is 1. The van der Waals surface area contributed by atoms with Gasteiger partial charge in [0.05, 0.1) is 0 Å². The molecule has 2 aromatic rings.